The number of carbonyl (C=O) groups excluding carboxylic acids is 2. The quantitative estimate of drug-likeness (QED) is 0.871. The fourth-order valence-electron chi connectivity index (χ4n) is 2.64. The molecule has 0 bridgehead atoms. The number of aryl methyl sites for hydroxylation is 1. The highest BCUT2D eigenvalue weighted by Gasteiger charge is 2.32. The molecule has 0 aromatic heterocycles. The number of cyclic esters (lactones) is 1. The van der Waals surface area contributed by atoms with E-state index < -0.39 is 12.2 Å². The van der Waals surface area contributed by atoms with E-state index in [1.54, 1.807) is 18.0 Å². The van der Waals surface area contributed by atoms with Crippen LogP contribution in [0.2, 0.25) is 0 Å². The second-order valence-corrected chi connectivity index (χ2v) is 5.06. The van der Waals surface area contributed by atoms with Crippen molar-refractivity contribution in [3.8, 4) is 0 Å². The zero-order valence-electron chi connectivity index (χ0n) is 11.2. The zero-order valence-corrected chi connectivity index (χ0v) is 11.2. The van der Waals surface area contributed by atoms with E-state index >= 15 is 0 Å². The van der Waals surface area contributed by atoms with Crippen molar-refractivity contribution in [2.24, 2.45) is 0 Å². The van der Waals surface area contributed by atoms with Gasteiger partial charge in [-0.3, -0.25) is 9.69 Å². The monoisotopic (exact) mass is 276 g/mol. The van der Waals surface area contributed by atoms with Crippen molar-refractivity contribution in [1.29, 1.82) is 0 Å². The molecule has 1 aromatic carbocycles. The highest BCUT2D eigenvalue weighted by Crippen LogP contribution is 2.32. The molecule has 1 aromatic rings. The van der Waals surface area contributed by atoms with Gasteiger partial charge in [0.05, 0.1) is 13.2 Å². The number of amides is 2. The number of carbonyl (C=O) groups is 2. The van der Waals surface area contributed by atoms with Gasteiger partial charge >= 0.3 is 6.09 Å². The maximum atomic E-state index is 11.8. The van der Waals surface area contributed by atoms with E-state index in [4.69, 9.17) is 9.84 Å². The Morgan fingerprint density at radius 3 is 2.85 bits per heavy atom. The van der Waals surface area contributed by atoms with Gasteiger partial charge in [-0.2, -0.15) is 0 Å². The van der Waals surface area contributed by atoms with Crippen LogP contribution in [0.1, 0.15) is 12.0 Å². The minimum atomic E-state index is -0.470. The first-order valence-corrected chi connectivity index (χ1v) is 6.58. The Morgan fingerprint density at radius 2 is 2.15 bits per heavy atom. The molecule has 2 aliphatic heterocycles. The summed E-state index contributed by atoms with van der Waals surface area (Å²) in [5.41, 5.74) is 2.67. The fraction of sp³-hybridized carbons (Fsp3) is 0.429. The van der Waals surface area contributed by atoms with Gasteiger partial charge in [0.2, 0.25) is 5.91 Å². The minimum absolute atomic E-state index is 0.103. The van der Waals surface area contributed by atoms with Crippen LogP contribution in [0.3, 0.4) is 0 Å². The molecule has 2 amide bonds. The smallest absolute Gasteiger partial charge is 0.414 e. The van der Waals surface area contributed by atoms with Crippen molar-refractivity contribution in [1.82, 2.24) is 0 Å². The van der Waals surface area contributed by atoms with Gasteiger partial charge in [0.25, 0.3) is 0 Å². The van der Waals surface area contributed by atoms with Crippen LogP contribution in [0, 0.1) is 0 Å². The largest absolute Gasteiger partial charge is 0.441 e. The second kappa shape index (κ2) is 4.79. The third-order valence-corrected chi connectivity index (χ3v) is 3.80. The van der Waals surface area contributed by atoms with Crippen molar-refractivity contribution >= 4 is 23.4 Å². The second-order valence-electron chi connectivity index (χ2n) is 5.06. The Hall–Kier alpha value is -2.08. The van der Waals surface area contributed by atoms with Crippen molar-refractivity contribution in [3.63, 3.8) is 0 Å². The first kappa shape index (κ1) is 12.9. The summed E-state index contributed by atoms with van der Waals surface area (Å²) in [6, 6.07) is 5.56. The minimum Gasteiger partial charge on any atom is -0.441 e. The van der Waals surface area contributed by atoms with Crippen molar-refractivity contribution < 1.29 is 19.4 Å². The summed E-state index contributed by atoms with van der Waals surface area (Å²) in [6.07, 6.45) is 0.252. The molecule has 0 spiro atoms. The molecule has 106 valence electrons. The van der Waals surface area contributed by atoms with Crippen LogP contribution in [-0.4, -0.2) is 43.4 Å². The first-order valence-electron chi connectivity index (χ1n) is 6.58. The summed E-state index contributed by atoms with van der Waals surface area (Å²) in [5.74, 6) is 0.103. The lowest BCUT2D eigenvalue weighted by Crippen LogP contribution is -2.31. The van der Waals surface area contributed by atoms with Crippen LogP contribution < -0.4 is 9.80 Å². The third kappa shape index (κ3) is 2.02. The predicted molar refractivity (Wildman–Crippen MR) is 72.9 cm³/mol. The molecular weight excluding hydrogens is 260 g/mol. The predicted octanol–water partition coefficient (Wildman–Crippen LogP) is 0.913. The summed E-state index contributed by atoms with van der Waals surface area (Å²) in [5, 5.41) is 9.06. The molecule has 0 unspecified atom stereocenters. The van der Waals surface area contributed by atoms with E-state index in [1.165, 1.54) is 4.90 Å². The van der Waals surface area contributed by atoms with Crippen LogP contribution in [-0.2, 0) is 16.0 Å². The molecule has 0 aliphatic carbocycles. The van der Waals surface area contributed by atoms with E-state index in [0.717, 1.165) is 16.9 Å². The van der Waals surface area contributed by atoms with E-state index in [0.29, 0.717) is 19.4 Å². The van der Waals surface area contributed by atoms with E-state index in [9.17, 15) is 9.59 Å². The van der Waals surface area contributed by atoms with Gasteiger partial charge in [0.1, 0.15) is 6.10 Å². The molecule has 2 heterocycles. The lowest BCUT2D eigenvalue weighted by Gasteiger charge is -2.27. The number of hydrogen-bond acceptors (Lipinski definition) is 4. The number of fused-ring (bicyclic) bond motifs is 1. The van der Waals surface area contributed by atoms with E-state index in [1.807, 2.05) is 12.1 Å². The highest BCUT2D eigenvalue weighted by atomic mass is 16.6. The molecule has 1 saturated heterocycles. The molecule has 1 N–H and O–H groups in total. The summed E-state index contributed by atoms with van der Waals surface area (Å²) in [4.78, 5) is 26.6. The number of rotatable bonds is 2. The Kier molecular flexibility index (Phi) is 3.10. The van der Waals surface area contributed by atoms with Gasteiger partial charge in [0, 0.05) is 24.8 Å². The SMILES string of the molecule is CN1C(=O)CCc2cc(N3C[C@H](CO)OC3=O)ccc21. The molecule has 0 saturated carbocycles. The lowest BCUT2D eigenvalue weighted by molar-refractivity contribution is -0.118. The molecule has 6 heteroatoms. The Labute approximate surface area is 116 Å². The zero-order chi connectivity index (χ0) is 14.3. The molecule has 2 aliphatic rings. The molecule has 3 rings (SSSR count). The van der Waals surface area contributed by atoms with E-state index in [-0.39, 0.29) is 12.5 Å². The molecular formula is C14H16N2O4. The number of benzene rings is 1. The van der Waals surface area contributed by atoms with Gasteiger partial charge in [-0.1, -0.05) is 0 Å². The normalized spacial score (nSPS) is 22.0. The molecule has 20 heavy (non-hydrogen) atoms. The third-order valence-electron chi connectivity index (χ3n) is 3.80. The van der Waals surface area contributed by atoms with Crippen LogP contribution in [0.25, 0.3) is 0 Å². The number of aliphatic hydroxyl groups is 1. The van der Waals surface area contributed by atoms with Crippen molar-refractivity contribution in [3.05, 3.63) is 23.8 Å². The number of anilines is 2. The number of ether oxygens (including phenoxy) is 1. The molecule has 1 fully saturated rings. The Morgan fingerprint density at radius 1 is 1.35 bits per heavy atom. The fourth-order valence-corrected chi connectivity index (χ4v) is 2.64. The number of nitrogens with zero attached hydrogens (tertiary/aromatic N) is 2. The summed E-state index contributed by atoms with van der Waals surface area (Å²) >= 11 is 0. The van der Waals surface area contributed by atoms with Gasteiger partial charge < -0.3 is 14.7 Å². The van der Waals surface area contributed by atoms with E-state index in [2.05, 4.69) is 0 Å². The lowest BCUT2D eigenvalue weighted by atomic mass is 10.0. The maximum absolute atomic E-state index is 11.8. The maximum Gasteiger partial charge on any atom is 0.414 e. The van der Waals surface area contributed by atoms with Crippen molar-refractivity contribution in [2.45, 2.75) is 18.9 Å². The molecule has 1 atom stereocenters. The molecule has 0 radical (unpaired) electrons. The topological polar surface area (TPSA) is 70.1 Å². The average Bonchev–Trinajstić information content (AvgIpc) is 2.84. The average molecular weight is 276 g/mol. The van der Waals surface area contributed by atoms with Crippen molar-refractivity contribution in [2.75, 3.05) is 30.0 Å². The summed E-state index contributed by atoms with van der Waals surface area (Å²) < 4.78 is 5.03. The standard InChI is InChI=1S/C14H16N2O4/c1-15-12-4-3-10(6-9(12)2-5-13(15)18)16-7-11(8-17)20-14(16)19/h3-4,6,11,17H,2,5,7-8H2,1H3/t11-/m1/s1. The Bertz CT molecular complexity index is 572. The number of aliphatic hydroxyl groups excluding tert-OH is 1. The Balaban J connectivity index is 1.90. The first-order chi connectivity index (χ1) is 9.60. The van der Waals surface area contributed by atoms with Gasteiger partial charge in [-0.25, -0.2) is 4.79 Å². The van der Waals surface area contributed by atoms with Crippen LogP contribution in [0.15, 0.2) is 18.2 Å². The summed E-state index contributed by atoms with van der Waals surface area (Å²) in [7, 11) is 1.76. The van der Waals surface area contributed by atoms with Gasteiger partial charge in [-0.05, 0) is 30.2 Å². The number of hydrogen-bond donors (Lipinski definition) is 1. The van der Waals surface area contributed by atoms with Crippen LogP contribution in [0.4, 0.5) is 16.2 Å². The van der Waals surface area contributed by atoms with Crippen LogP contribution >= 0.6 is 0 Å². The summed E-state index contributed by atoms with van der Waals surface area (Å²) in [6.45, 7) is 0.174. The van der Waals surface area contributed by atoms with Gasteiger partial charge in [-0.15, -0.1) is 0 Å². The van der Waals surface area contributed by atoms with Gasteiger partial charge in [0.15, 0.2) is 0 Å². The highest BCUT2D eigenvalue weighted by molar-refractivity contribution is 5.97. The van der Waals surface area contributed by atoms with Crippen LogP contribution in [0.5, 0.6) is 0 Å². The molecule has 6 nitrogen and oxygen atoms in total.